The summed E-state index contributed by atoms with van der Waals surface area (Å²) >= 11 is 0. The molecule has 0 aliphatic carbocycles. The van der Waals surface area contributed by atoms with Crippen LogP contribution >= 0.6 is 0 Å². The first-order valence-corrected chi connectivity index (χ1v) is 5.77. The van der Waals surface area contributed by atoms with Crippen LogP contribution < -0.4 is 14.8 Å². The molecule has 1 aliphatic heterocycles. The molecule has 0 radical (unpaired) electrons. The number of benzene rings is 1. The van der Waals surface area contributed by atoms with Crippen molar-refractivity contribution in [3.63, 3.8) is 0 Å². The van der Waals surface area contributed by atoms with Gasteiger partial charge in [0.25, 0.3) is 0 Å². The second kappa shape index (κ2) is 4.52. The van der Waals surface area contributed by atoms with Crippen molar-refractivity contribution in [2.75, 3.05) is 25.6 Å². The molecule has 0 atom stereocenters. The Hall–Kier alpha value is -2.30. The number of fused-ring (bicyclic) bond motifs is 1. The van der Waals surface area contributed by atoms with Gasteiger partial charge in [-0.3, -0.25) is 4.98 Å². The molecule has 2 aromatic rings. The van der Waals surface area contributed by atoms with E-state index in [0.717, 1.165) is 28.6 Å². The van der Waals surface area contributed by atoms with Crippen LogP contribution in [0.15, 0.2) is 30.6 Å². The van der Waals surface area contributed by atoms with Gasteiger partial charge in [-0.15, -0.1) is 0 Å². The Morgan fingerprint density at radius 3 is 2.67 bits per heavy atom. The first kappa shape index (κ1) is 10.8. The highest BCUT2D eigenvalue weighted by molar-refractivity contribution is 5.73. The number of ether oxygens (including phenoxy) is 2. The van der Waals surface area contributed by atoms with Crippen LogP contribution in [0, 0.1) is 0 Å². The average molecular weight is 243 g/mol. The van der Waals surface area contributed by atoms with Crippen LogP contribution in [0.1, 0.15) is 0 Å². The van der Waals surface area contributed by atoms with Gasteiger partial charge in [0.2, 0.25) is 0 Å². The lowest BCUT2D eigenvalue weighted by molar-refractivity contribution is 0.171. The van der Waals surface area contributed by atoms with E-state index in [1.165, 1.54) is 0 Å². The molecule has 1 aromatic carbocycles. The molecule has 2 heterocycles. The number of hydrogen-bond donors (Lipinski definition) is 1. The molecule has 0 saturated heterocycles. The maximum atomic E-state index is 5.57. The fourth-order valence-electron chi connectivity index (χ4n) is 1.92. The third kappa shape index (κ3) is 1.84. The van der Waals surface area contributed by atoms with Gasteiger partial charge in [0.15, 0.2) is 17.3 Å². The quantitative estimate of drug-likeness (QED) is 0.873. The van der Waals surface area contributed by atoms with Crippen LogP contribution in [0.4, 0.5) is 5.82 Å². The van der Waals surface area contributed by atoms with E-state index >= 15 is 0 Å². The zero-order valence-electron chi connectivity index (χ0n) is 10.0. The van der Waals surface area contributed by atoms with Gasteiger partial charge < -0.3 is 14.8 Å². The molecule has 5 nitrogen and oxygen atoms in total. The maximum Gasteiger partial charge on any atom is 0.162 e. The molecule has 0 spiro atoms. The molecule has 1 aliphatic rings. The highest BCUT2D eigenvalue weighted by Crippen LogP contribution is 2.35. The molecule has 0 amide bonds. The van der Waals surface area contributed by atoms with Crippen molar-refractivity contribution in [1.29, 1.82) is 0 Å². The summed E-state index contributed by atoms with van der Waals surface area (Å²) in [6, 6.07) is 5.79. The number of aromatic nitrogens is 2. The summed E-state index contributed by atoms with van der Waals surface area (Å²) in [6.45, 7) is 1.18. The molecule has 5 heteroatoms. The third-order valence-electron chi connectivity index (χ3n) is 2.75. The second-order valence-corrected chi connectivity index (χ2v) is 3.86. The van der Waals surface area contributed by atoms with E-state index in [2.05, 4.69) is 15.3 Å². The fourth-order valence-corrected chi connectivity index (χ4v) is 1.92. The molecular formula is C13H13N3O2. The van der Waals surface area contributed by atoms with Crippen LogP contribution in [0.2, 0.25) is 0 Å². The number of nitrogens with one attached hydrogen (secondary N) is 1. The van der Waals surface area contributed by atoms with Crippen LogP contribution in [0.5, 0.6) is 11.5 Å². The number of hydrogen-bond acceptors (Lipinski definition) is 5. The summed E-state index contributed by atoms with van der Waals surface area (Å²) in [7, 11) is 1.82. The monoisotopic (exact) mass is 243 g/mol. The summed E-state index contributed by atoms with van der Waals surface area (Å²) in [5.74, 6) is 2.28. The van der Waals surface area contributed by atoms with Crippen molar-refractivity contribution in [1.82, 2.24) is 9.97 Å². The number of rotatable bonds is 2. The Kier molecular flexibility index (Phi) is 2.72. The van der Waals surface area contributed by atoms with Crippen molar-refractivity contribution < 1.29 is 9.47 Å². The minimum atomic E-state index is 0.579. The molecule has 0 unspecified atom stereocenters. The molecular weight excluding hydrogens is 230 g/mol. The first-order valence-electron chi connectivity index (χ1n) is 5.77. The molecule has 0 fully saturated rings. The van der Waals surface area contributed by atoms with Gasteiger partial charge in [0.05, 0.1) is 0 Å². The highest BCUT2D eigenvalue weighted by atomic mass is 16.6. The van der Waals surface area contributed by atoms with Crippen LogP contribution in [0.3, 0.4) is 0 Å². The van der Waals surface area contributed by atoms with Gasteiger partial charge in [-0.1, -0.05) is 0 Å². The Bertz CT molecular complexity index is 572. The van der Waals surface area contributed by atoms with E-state index in [1.54, 1.807) is 12.4 Å². The van der Waals surface area contributed by atoms with E-state index in [0.29, 0.717) is 13.2 Å². The predicted octanol–water partition coefficient (Wildman–Crippen LogP) is 1.96. The van der Waals surface area contributed by atoms with Crippen molar-refractivity contribution >= 4 is 5.82 Å². The predicted molar refractivity (Wildman–Crippen MR) is 68.0 cm³/mol. The third-order valence-corrected chi connectivity index (χ3v) is 2.75. The topological polar surface area (TPSA) is 56.3 Å². The Morgan fingerprint density at radius 1 is 1.06 bits per heavy atom. The lowest BCUT2D eigenvalue weighted by atomic mass is 10.1. The molecule has 3 rings (SSSR count). The largest absolute Gasteiger partial charge is 0.486 e. The number of nitrogens with zero attached hydrogens (tertiary/aromatic N) is 2. The Morgan fingerprint density at radius 2 is 1.83 bits per heavy atom. The second-order valence-electron chi connectivity index (χ2n) is 3.86. The van der Waals surface area contributed by atoms with E-state index in [9.17, 15) is 0 Å². The summed E-state index contributed by atoms with van der Waals surface area (Å²) in [6.07, 6.45) is 3.33. The first-order chi connectivity index (χ1) is 8.88. The van der Waals surface area contributed by atoms with E-state index in [-0.39, 0.29) is 0 Å². The standard InChI is InChI=1S/C13H13N3O2/c1-14-13-12(15-4-5-16-13)9-2-3-10-11(8-9)18-7-6-17-10/h2-5,8H,6-7H2,1H3,(H,14,16). The van der Waals surface area contributed by atoms with Gasteiger partial charge in [0.1, 0.15) is 18.9 Å². The van der Waals surface area contributed by atoms with Crippen LogP contribution in [0.25, 0.3) is 11.3 Å². The van der Waals surface area contributed by atoms with E-state index in [1.807, 2.05) is 25.2 Å². The van der Waals surface area contributed by atoms with Gasteiger partial charge in [-0.2, -0.15) is 0 Å². The summed E-state index contributed by atoms with van der Waals surface area (Å²) in [5.41, 5.74) is 1.76. The average Bonchev–Trinajstić information content (AvgIpc) is 2.46. The highest BCUT2D eigenvalue weighted by Gasteiger charge is 2.14. The maximum absolute atomic E-state index is 5.57. The summed E-state index contributed by atoms with van der Waals surface area (Å²) in [5, 5.41) is 3.03. The Labute approximate surface area is 105 Å². The van der Waals surface area contributed by atoms with Crippen LogP contribution in [-0.2, 0) is 0 Å². The van der Waals surface area contributed by atoms with Gasteiger partial charge in [-0.25, -0.2) is 4.98 Å². The minimum Gasteiger partial charge on any atom is -0.486 e. The molecule has 18 heavy (non-hydrogen) atoms. The van der Waals surface area contributed by atoms with Crippen molar-refractivity contribution in [3.8, 4) is 22.8 Å². The zero-order valence-corrected chi connectivity index (χ0v) is 10.0. The lowest BCUT2D eigenvalue weighted by Gasteiger charge is -2.19. The van der Waals surface area contributed by atoms with Crippen molar-refractivity contribution in [3.05, 3.63) is 30.6 Å². The van der Waals surface area contributed by atoms with Gasteiger partial charge >= 0.3 is 0 Å². The van der Waals surface area contributed by atoms with Gasteiger partial charge in [0, 0.05) is 25.0 Å². The fraction of sp³-hybridized carbons (Fsp3) is 0.231. The van der Waals surface area contributed by atoms with Crippen molar-refractivity contribution in [2.45, 2.75) is 0 Å². The van der Waals surface area contributed by atoms with Crippen LogP contribution in [-0.4, -0.2) is 30.2 Å². The molecule has 1 aromatic heterocycles. The molecule has 0 bridgehead atoms. The number of anilines is 1. The SMILES string of the molecule is CNc1nccnc1-c1ccc2c(c1)OCCO2. The molecule has 1 N–H and O–H groups in total. The summed E-state index contributed by atoms with van der Waals surface area (Å²) < 4.78 is 11.1. The normalized spacial score (nSPS) is 13.2. The van der Waals surface area contributed by atoms with E-state index < -0.39 is 0 Å². The Balaban J connectivity index is 2.06. The molecule has 0 saturated carbocycles. The van der Waals surface area contributed by atoms with Gasteiger partial charge in [-0.05, 0) is 18.2 Å². The minimum absolute atomic E-state index is 0.579. The lowest BCUT2D eigenvalue weighted by Crippen LogP contribution is -2.15. The zero-order chi connectivity index (χ0) is 12.4. The van der Waals surface area contributed by atoms with Crippen molar-refractivity contribution in [2.24, 2.45) is 0 Å². The smallest absolute Gasteiger partial charge is 0.162 e. The van der Waals surface area contributed by atoms with E-state index in [4.69, 9.17) is 9.47 Å². The summed E-state index contributed by atoms with van der Waals surface area (Å²) in [4.78, 5) is 8.59. The molecule has 92 valence electrons.